The van der Waals surface area contributed by atoms with Crippen LogP contribution < -0.4 is 3.27 Å². The Morgan fingerprint density at radius 3 is 1.28 bits per heavy atom. The molecule has 9 aromatic rings. The van der Waals surface area contributed by atoms with Crippen molar-refractivity contribution in [3.63, 3.8) is 0 Å². The molecule has 0 fully saturated rings. The maximum atomic E-state index is 2.86. The van der Waals surface area contributed by atoms with E-state index in [1.165, 1.54) is 102 Å². The van der Waals surface area contributed by atoms with Crippen LogP contribution in [0.25, 0.3) is 66.4 Å². The first-order chi connectivity index (χ1) is 29.3. The van der Waals surface area contributed by atoms with Crippen molar-refractivity contribution in [1.82, 2.24) is 0 Å². The molecule has 0 saturated heterocycles. The van der Waals surface area contributed by atoms with Gasteiger partial charge in [0, 0.05) is 0 Å². The van der Waals surface area contributed by atoms with E-state index < -0.39 is 14.4 Å². The van der Waals surface area contributed by atoms with E-state index in [1.54, 1.807) is 0 Å². The molecule has 9 aromatic carbocycles. The molecule has 2 aliphatic rings. The van der Waals surface area contributed by atoms with E-state index in [-0.39, 0.29) is 7.25 Å². The summed E-state index contributed by atoms with van der Waals surface area (Å²) in [4.78, 5) is 0. The van der Waals surface area contributed by atoms with Crippen LogP contribution >= 0.6 is 0 Å². The molecule has 0 nitrogen and oxygen atoms in total. The molecule has 2 aliphatic carbocycles. The third-order valence-corrected chi connectivity index (χ3v) is 47.6. The van der Waals surface area contributed by atoms with Crippen molar-refractivity contribution in [2.75, 3.05) is 0 Å². The van der Waals surface area contributed by atoms with Gasteiger partial charge in [-0.2, -0.15) is 0 Å². The Labute approximate surface area is 356 Å². The Morgan fingerprint density at radius 2 is 0.820 bits per heavy atom. The summed E-state index contributed by atoms with van der Waals surface area (Å²) in [5, 5.41) is 10.6. The topological polar surface area (TPSA) is 0 Å². The van der Waals surface area contributed by atoms with Crippen molar-refractivity contribution in [3.8, 4) is 0 Å². The Kier molecular flexibility index (Phi) is 7.95. The molecule has 0 bridgehead atoms. The Bertz CT molecular complexity index is 3340. The molecule has 0 aromatic heterocycles. The summed E-state index contributed by atoms with van der Waals surface area (Å²) >= 11 is -6.00. The van der Waals surface area contributed by atoms with Gasteiger partial charge in [-0.1, -0.05) is 0 Å². The summed E-state index contributed by atoms with van der Waals surface area (Å²) in [6.45, 7) is 7.09. The summed E-state index contributed by atoms with van der Waals surface area (Å²) in [5.41, 5.74) is 14.1. The minimum absolute atomic E-state index is 0.0971. The molecule has 0 radical (unpaired) electrons. The number of benzene rings is 9. The van der Waals surface area contributed by atoms with Crippen molar-refractivity contribution in [1.29, 1.82) is 0 Å². The molecule has 0 spiro atoms. The first-order valence-corrected chi connectivity index (χ1v) is 39.8. The standard InChI is InChI=1S/2C25H19.C6H5.3CH3.H2Si.Zr/c2*1-2-17-13-21-12-11-18-7-5-6-10-23(18)25(21)24(14-17)22-15-19-8-3-4-9-20(19)16-22;1-2-4-6-5-3-1;;;;;/h2*3-16H,2H2,1H3;1-5H;3*1H3;1H2;. The molecule has 0 heterocycles. The Morgan fingerprint density at radius 1 is 0.426 bits per heavy atom. The molecule has 298 valence electrons. The van der Waals surface area contributed by atoms with Crippen molar-refractivity contribution in [3.05, 3.63) is 220 Å². The van der Waals surface area contributed by atoms with Gasteiger partial charge < -0.3 is 0 Å². The summed E-state index contributed by atoms with van der Waals surface area (Å²) in [6.07, 6.45) is 7.18. The summed E-state index contributed by atoms with van der Waals surface area (Å²) in [7, 11) is 0. The van der Waals surface area contributed by atoms with E-state index in [9.17, 15) is 0 Å². The molecule has 0 N–H and O–H groups in total. The summed E-state index contributed by atoms with van der Waals surface area (Å²) < 4.78 is 10.3. The van der Waals surface area contributed by atoms with E-state index >= 15 is 0 Å². The average molecular weight is 882 g/mol. The van der Waals surface area contributed by atoms with Crippen LogP contribution in [0.3, 0.4) is 0 Å². The van der Waals surface area contributed by atoms with E-state index in [1.807, 2.05) is 0 Å². The molecule has 61 heavy (non-hydrogen) atoms. The Balaban J connectivity index is 1.33. The number of aryl methyl sites for hydroxylation is 2. The first kappa shape index (κ1) is 38.5. The van der Waals surface area contributed by atoms with Gasteiger partial charge in [-0.05, 0) is 0 Å². The zero-order valence-corrected chi connectivity index (χ0v) is 40.0. The quantitative estimate of drug-likeness (QED) is 0.111. The van der Waals surface area contributed by atoms with Gasteiger partial charge in [-0.3, -0.25) is 0 Å². The molecular formula is C59H54SiZr. The zero-order valence-electron chi connectivity index (χ0n) is 36.2. The third kappa shape index (κ3) is 5.31. The SMILES string of the molecule is CCc1cc(C2=Cc3ccccc3[CH]2[Zr]([CH3])([CH3])([CH3])(=[SiH2])([c]2ccccc2)[CH]2C(c3cc(CC)cc4ccc5ccccc5c34)=Cc3ccccc32)c2c(ccc3ccccc32)c1. The van der Waals surface area contributed by atoms with Crippen LogP contribution in [0.15, 0.2) is 176 Å². The van der Waals surface area contributed by atoms with E-state index in [2.05, 4.69) is 223 Å². The molecule has 2 heteroatoms. The van der Waals surface area contributed by atoms with Gasteiger partial charge >= 0.3 is 359 Å². The van der Waals surface area contributed by atoms with Crippen LogP contribution in [0.4, 0.5) is 0 Å². The van der Waals surface area contributed by atoms with Gasteiger partial charge in [-0.15, -0.1) is 0 Å². The van der Waals surface area contributed by atoms with Gasteiger partial charge in [0.1, 0.15) is 0 Å². The van der Waals surface area contributed by atoms with Crippen LogP contribution in [-0.4, -0.2) is 6.88 Å². The predicted octanol–water partition coefficient (Wildman–Crippen LogP) is 15.1. The fourth-order valence-electron chi connectivity index (χ4n) is 13.1. The summed E-state index contributed by atoms with van der Waals surface area (Å²) in [5.74, 6) is 0. The molecule has 11 rings (SSSR count). The van der Waals surface area contributed by atoms with Crippen LogP contribution in [0.5, 0.6) is 0 Å². The molecule has 0 aliphatic heterocycles. The van der Waals surface area contributed by atoms with Gasteiger partial charge in [0.05, 0.1) is 0 Å². The normalized spacial score (nSPS) is 18.0. The van der Waals surface area contributed by atoms with Crippen LogP contribution in [-0.2, 0) is 27.3 Å². The Hall–Kier alpha value is -5.40. The number of hydrogen-bond acceptors (Lipinski definition) is 0. The van der Waals surface area contributed by atoms with Crippen molar-refractivity contribution in [2.45, 2.75) is 47.8 Å². The van der Waals surface area contributed by atoms with Gasteiger partial charge in [0.2, 0.25) is 0 Å². The second-order valence-electron chi connectivity index (χ2n) is 21.5. The fraction of sp³-hybridized carbons (Fsp3) is 0.153. The predicted molar refractivity (Wildman–Crippen MR) is 268 cm³/mol. The van der Waals surface area contributed by atoms with Crippen LogP contribution in [0, 0.1) is 0 Å². The van der Waals surface area contributed by atoms with Crippen molar-refractivity contribution < 1.29 is 14.4 Å². The first-order valence-electron chi connectivity index (χ1n) is 22.5. The van der Waals surface area contributed by atoms with Crippen molar-refractivity contribution in [2.24, 2.45) is 0 Å². The summed E-state index contributed by atoms with van der Waals surface area (Å²) in [6, 6.07) is 68.2. The van der Waals surface area contributed by atoms with Crippen LogP contribution in [0.1, 0.15) is 65.6 Å². The van der Waals surface area contributed by atoms with Crippen LogP contribution in [0.2, 0.25) is 13.9 Å². The number of fused-ring (bicyclic) bond motifs is 8. The number of rotatable bonds is 7. The van der Waals surface area contributed by atoms with E-state index in [0.29, 0.717) is 0 Å². The molecule has 0 saturated carbocycles. The monoisotopic (exact) mass is 880 g/mol. The number of allylic oxidation sites excluding steroid dienone is 2. The van der Waals surface area contributed by atoms with Gasteiger partial charge in [0.15, 0.2) is 0 Å². The fourth-order valence-corrected chi connectivity index (χ4v) is 43.7. The average Bonchev–Trinajstić information content (AvgIpc) is 3.90. The second kappa shape index (κ2) is 12.6. The maximum absolute atomic E-state index is 6.00. The van der Waals surface area contributed by atoms with E-state index in [4.69, 9.17) is 0 Å². The number of hydrogen-bond donors (Lipinski definition) is 0. The minimum atomic E-state index is -6.00. The molecular weight excluding hydrogens is 828 g/mol. The zero-order chi connectivity index (χ0) is 41.8. The molecule has 0 amide bonds. The third-order valence-electron chi connectivity index (χ3n) is 16.0. The van der Waals surface area contributed by atoms with E-state index in [0.717, 1.165) is 12.8 Å². The second-order valence-corrected chi connectivity index (χ2v) is 75.2. The molecule has 2 unspecified atom stereocenters. The molecule has 2 atom stereocenters. The van der Waals surface area contributed by atoms with Gasteiger partial charge in [0.25, 0.3) is 0 Å². The van der Waals surface area contributed by atoms with Crippen molar-refractivity contribution >= 4 is 76.5 Å². The van der Waals surface area contributed by atoms with Gasteiger partial charge in [-0.25, -0.2) is 0 Å².